The molecule has 0 radical (unpaired) electrons. The molecule has 4 aromatic rings. The number of nitrogens with one attached hydrogen (secondary N) is 1. The molecule has 27 heavy (non-hydrogen) atoms. The Bertz CT molecular complexity index is 1100. The average Bonchev–Trinajstić information content (AvgIpc) is 3.32. The minimum absolute atomic E-state index is 0.159. The first-order chi connectivity index (χ1) is 13.1. The molecule has 0 atom stereocenters. The Balaban J connectivity index is 1.42. The third-order valence-corrected chi connectivity index (χ3v) is 4.58. The molecule has 136 valence electrons. The summed E-state index contributed by atoms with van der Waals surface area (Å²) in [5, 5.41) is 7.14. The van der Waals surface area contributed by atoms with Crippen LogP contribution in [0.5, 0.6) is 0 Å². The second-order valence-electron chi connectivity index (χ2n) is 6.52. The maximum atomic E-state index is 12.5. The lowest BCUT2D eigenvalue weighted by atomic mass is 10.0. The van der Waals surface area contributed by atoms with E-state index in [-0.39, 0.29) is 5.91 Å². The first-order valence-corrected chi connectivity index (χ1v) is 8.84. The van der Waals surface area contributed by atoms with Gasteiger partial charge in [0.2, 0.25) is 0 Å². The van der Waals surface area contributed by atoms with Crippen LogP contribution in [0.4, 0.5) is 0 Å². The second kappa shape index (κ2) is 7.07. The van der Waals surface area contributed by atoms with Gasteiger partial charge in [-0.05, 0) is 55.7 Å². The van der Waals surface area contributed by atoms with Gasteiger partial charge in [-0.15, -0.1) is 0 Å². The highest BCUT2D eigenvalue weighted by Crippen LogP contribution is 2.22. The van der Waals surface area contributed by atoms with Gasteiger partial charge in [0, 0.05) is 24.0 Å². The average molecular weight is 360 g/mol. The predicted molar refractivity (Wildman–Crippen MR) is 103 cm³/mol. The predicted octanol–water partition coefficient (Wildman–Crippen LogP) is 3.58. The molecule has 0 bridgehead atoms. The summed E-state index contributed by atoms with van der Waals surface area (Å²) in [4.78, 5) is 16.9. The number of aryl methyl sites for hydroxylation is 2. The summed E-state index contributed by atoms with van der Waals surface area (Å²) in [6.07, 6.45) is 5.78. The van der Waals surface area contributed by atoms with E-state index < -0.39 is 0 Å². The summed E-state index contributed by atoms with van der Waals surface area (Å²) < 4.78 is 7.05. The van der Waals surface area contributed by atoms with Crippen LogP contribution in [0.25, 0.3) is 17.0 Å². The zero-order valence-electron chi connectivity index (χ0n) is 15.3. The van der Waals surface area contributed by atoms with Crippen LogP contribution in [-0.4, -0.2) is 27.0 Å². The maximum absolute atomic E-state index is 12.5. The van der Waals surface area contributed by atoms with Gasteiger partial charge in [0.15, 0.2) is 5.65 Å². The van der Waals surface area contributed by atoms with Crippen LogP contribution in [0.15, 0.2) is 59.5 Å². The Labute approximate surface area is 156 Å². The Hall–Kier alpha value is -3.41. The van der Waals surface area contributed by atoms with Crippen molar-refractivity contribution in [2.75, 3.05) is 6.54 Å². The summed E-state index contributed by atoms with van der Waals surface area (Å²) in [5.41, 5.74) is 5.34. The fourth-order valence-electron chi connectivity index (χ4n) is 3.10. The van der Waals surface area contributed by atoms with E-state index in [0.717, 1.165) is 23.4 Å². The third-order valence-electron chi connectivity index (χ3n) is 4.58. The van der Waals surface area contributed by atoms with E-state index in [0.29, 0.717) is 17.8 Å². The van der Waals surface area contributed by atoms with Crippen LogP contribution in [0.1, 0.15) is 27.2 Å². The van der Waals surface area contributed by atoms with E-state index in [1.165, 1.54) is 11.1 Å². The molecule has 0 spiro atoms. The summed E-state index contributed by atoms with van der Waals surface area (Å²) in [7, 11) is 0. The summed E-state index contributed by atoms with van der Waals surface area (Å²) in [6.45, 7) is 4.51. The van der Waals surface area contributed by atoms with Crippen molar-refractivity contribution in [1.29, 1.82) is 0 Å². The largest absolute Gasteiger partial charge is 0.464 e. The van der Waals surface area contributed by atoms with Crippen molar-refractivity contribution in [3.63, 3.8) is 0 Å². The van der Waals surface area contributed by atoms with Crippen molar-refractivity contribution in [3.05, 3.63) is 77.4 Å². The molecule has 1 amide bonds. The second-order valence-corrected chi connectivity index (χ2v) is 6.52. The molecule has 0 aliphatic heterocycles. The normalized spacial score (nSPS) is 11.0. The first kappa shape index (κ1) is 17.0. The van der Waals surface area contributed by atoms with Gasteiger partial charge in [-0.1, -0.05) is 12.1 Å². The number of amides is 1. The molecule has 0 aliphatic carbocycles. The highest BCUT2D eigenvalue weighted by Gasteiger charge is 2.14. The van der Waals surface area contributed by atoms with Gasteiger partial charge in [0.25, 0.3) is 5.91 Å². The lowest BCUT2D eigenvalue weighted by Gasteiger charge is -2.09. The Morgan fingerprint density at radius 1 is 1.22 bits per heavy atom. The molecular weight excluding hydrogens is 340 g/mol. The van der Waals surface area contributed by atoms with Crippen LogP contribution >= 0.6 is 0 Å². The molecule has 3 heterocycles. The van der Waals surface area contributed by atoms with Crippen LogP contribution in [0, 0.1) is 13.8 Å². The van der Waals surface area contributed by atoms with Crippen LogP contribution < -0.4 is 5.32 Å². The van der Waals surface area contributed by atoms with Gasteiger partial charge in [0.1, 0.15) is 11.3 Å². The van der Waals surface area contributed by atoms with Crippen molar-refractivity contribution in [2.24, 2.45) is 0 Å². The molecule has 1 aromatic carbocycles. The maximum Gasteiger partial charge on any atom is 0.256 e. The van der Waals surface area contributed by atoms with E-state index in [1.807, 2.05) is 31.2 Å². The highest BCUT2D eigenvalue weighted by molar-refractivity contribution is 5.99. The zero-order chi connectivity index (χ0) is 18.8. The topological polar surface area (TPSA) is 72.4 Å². The molecule has 6 heteroatoms. The smallest absolute Gasteiger partial charge is 0.256 e. The number of furan rings is 1. The molecular formula is C21H20N4O2. The minimum atomic E-state index is -0.159. The van der Waals surface area contributed by atoms with Gasteiger partial charge in [-0.2, -0.15) is 5.10 Å². The molecule has 0 saturated carbocycles. The molecule has 0 unspecified atom stereocenters. The molecule has 4 rings (SSSR count). The third kappa shape index (κ3) is 3.46. The van der Waals surface area contributed by atoms with E-state index in [4.69, 9.17) is 4.42 Å². The number of aromatic nitrogens is 3. The number of benzene rings is 1. The lowest BCUT2D eigenvalue weighted by molar-refractivity contribution is 0.0955. The number of carbonyl (C=O) groups is 1. The molecule has 0 aliphatic rings. The van der Waals surface area contributed by atoms with Gasteiger partial charge in [0.05, 0.1) is 12.5 Å². The SMILES string of the molecule is Cc1ccn2ncc(C(=O)NCCc3ccc(-c4ccco4)cc3C)c2n1. The lowest BCUT2D eigenvalue weighted by Crippen LogP contribution is -2.26. The van der Waals surface area contributed by atoms with Gasteiger partial charge in [-0.25, -0.2) is 9.50 Å². The standard InChI is InChI=1S/C21H20N4O2/c1-14-12-17(19-4-3-11-27-19)6-5-16(14)7-9-22-21(26)18-13-23-25-10-8-15(2)24-20(18)25/h3-6,8,10-13H,7,9H2,1-2H3,(H,22,26). The molecule has 6 nitrogen and oxygen atoms in total. The summed E-state index contributed by atoms with van der Waals surface area (Å²) in [6, 6.07) is 11.9. The fourth-order valence-corrected chi connectivity index (χ4v) is 3.10. The number of hydrogen-bond acceptors (Lipinski definition) is 4. The summed E-state index contributed by atoms with van der Waals surface area (Å²) >= 11 is 0. The van der Waals surface area contributed by atoms with E-state index in [9.17, 15) is 4.79 Å². The van der Waals surface area contributed by atoms with E-state index >= 15 is 0 Å². The number of nitrogens with zero attached hydrogens (tertiary/aromatic N) is 3. The van der Waals surface area contributed by atoms with E-state index in [2.05, 4.69) is 34.5 Å². The van der Waals surface area contributed by atoms with Crippen LogP contribution in [-0.2, 0) is 6.42 Å². The van der Waals surface area contributed by atoms with Gasteiger partial charge >= 0.3 is 0 Å². The number of carbonyl (C=O) groups excluding carboxylic acids is 1. The van der Waals surface area contributed by atoms with Crippen molar-refractivity contribution in [2.45, 2.75) is 20.3 Å². The molecule has 1 N–H and O–H groups in total. The Morgan fingerprint density at radius 2 is 2.11 bits per heavy atom. The number of fused-ring (bicyclic) bond motifs is 1. The molecule has 3 aromatic heterocycles. The van der Waals surface area contributed by atoms with Gasteiger partial charge in [-0.3, -0.25) is 4.79 Å². The highest BCUT2D eigenvalue weighted by atomic mass is 16.3. The van der Waals surface area contributed by atoms with Crippen molar-refractivity contribution in [3.8, 4) is 11.3 Å². The number of rotatable bonds is 5. The molecule has 0 fully saturated rings. The van der Waals surface area contributed by atoms with Crippen molar-refractivity contribution in [1.82, 2.24) is 19.9 Å². The quantitative estimate of drug-likeness (QED) is 0.590. The van der Waals surface area contributed by atoms with Crippen LogP contribution in [0.3, 0.4) is 0 Å². The van der Waals surface area contributed by atoms with Crippen molar-refractivity contribution >= 4 is 11.6 Å². The first-order valence-electron chi connectivity index (χ1n) is 8.84. The number of hydrogen-bond donors (Lipinski definition) is 1. The Kier molecular flexibility index (Phi) is 4.46. The Morgan fingerprint density at radius 3 is 2.89 bits per heavy atom. The molecule has 0 saturated heterocycles. The summed E-state index contributed by atoms with van der Waals surface area (Å²) in [5.74, 6) is 0.696. The zero-order valence-corrected chi connectivity index (χ0v) is 15.3. The van der Waals surface area contributed by atoms with Gasteiger partial charge < -0.3 is 9.73 Å². The van der Waals surface area contributed by atoms with Crippen molar-refractivity contribution < 1.29 is 9.21 Å². The monoisotopic (exact) mass is 360 g/mol. The fraction of sp³-hybridized carbons (Fsp3) is 0.190. The van der Waals surface area contributed by atoms with E-state index in [1.54, 1.807) is 23.2 Å². The minimum Gasteiger partial charge on any atom is -0.464 e. The van der Waals surface area contributed by atoms with Crippen LogP contribution in [0.2, 0.25) is 0 Å².